The number of aliphatic hydroxyl groups excluding tert-OH is 2. The first-order valence-corrected chi connectivity index (χ1v) is 6.10. The summed E-state index contributed by atoms with van der Waals surface area (Å²) in [6.07, 6.45) is -0.141. The minimum absolute atomic E-state index is 0.00888. The Morgan fingerprint density at radius 3 is 2.29 bits per heavy atom. The minimum Gasteiger partial charge on any atom is -0.389 e. The fourth-order valence-corrected chi connectivity index (χ4v) is 2.06. The number of hydrogen-bond donors (Lipinski definition) is 2. The highest BCUT2D eigenvalue weighted by Crippen LogP contribution is 2.47. The number of halogens is 1. The van der Waals surface area contributed by atoms with E-state index in [1.165, 1.54) is 0 Å². The van der Waals surface area contributed by atoms with E-state index in [2.05, 4.69) is 6.07 Å². The van der Waals surface area contributed by atoms with Crippen LogP contribution < -0.4 is 0 Å². The molecule has 1 fully saturated rings. The maximum atomic E-state index is 9.76. The zero-order valence-corrected chi connectivity index (χ0v) is 10.1. The molecule has 0 spiro atoms. The first kappa shape index (κ1) is 12.4. The van der Waals surface area contributed by atoms with E-state index in [9.17, 15) is 10.2 Å². The molecule has 0 bridgehead atoms. The van der Waals surface area contributed by atoms with Gasteiger partial charge in [0.25, 0.3) is 0 Å². The molecule has 17 heavy (non-hydrogen) atoms. The van der Waals surface area contributed by atoms with Crippen molar-refractivity contribution in [3.63, 3.8) is 0 Å². The van der Waals surface area contributed by atoms with Crippen LogP contribution in [0.1, 0.15) is 30.1 Å². The summed E-state index contributed by atoms with van der Waals surface area (Å²) in [4.78, 5) is 0. The molecule has 90 valence electrons. The predicted molar refractivity (Wildman–Crippen MR) is 64.7 cm³/mol. The summed E-state index contributed by atoms with van der Waals surface area (Å²) in [6.45, 7) is 0. The predicted octanol–water partition coefficient (Wildman–Crippen LogP) is 1.87. The van der Waals surface area contributed by atoms with Gasteiger partial charge in [-0.25, -0.2) is 0 Å². The average Bonchev–Trinajstić information content (AvgIpc) is 3.18. The van der Waals surface area contributed by atoms with Crippen molar-refractivity contribution in [3.8, 4) is 6.07 Å². The molecule has 2 rings (SSSR count). The molecule has 0 amide bonds. The molecular formula is C13H14ClNO2. The molecule has 1 aliphatic rings. The fourth-order valence-electron chi connectivity index (χ4n) is 1.90. The van der Waals surface area contributed by atoms with Gasteiger partial charge in [-0.15, -0.1) is 11.6 Å². The second-order valence-electron chi connectivity index (χ2n) is 4.48. The van der Waals surface area contributed by atoms with Crippen LogP contribution in [0.5, 0.6) is 0 Å². The molecular weight excluding hydrogens is 238 g/mol. The van der Waals surface area contributed by atoms with Crippen LogP contribution in [0, 0.1) is 11.3 Å². The van der Waals surface area contributed by atoms with Gasteiger partial charge in [0.1, 0.15) is 6.10 Å². The van der Waals surface area contributed by atoms with Crippen molar-refractivity contribution in [1.29, 1.82) is 5.26 Å². The maximum absolute atomic E-state index is 9.76. The molecule has 1 aromatic rings. The normalized spacial score (nSPS) is 20.4. The SMILES string of the molecule is N#CC1(c2ccc(C(O)C(O)CCl)cc2)CC1. The first-order chi connectivity index (χ1) is 8.13. The van der Waals surface area contributed by atoms with E-state index in [-0.39, 0.29) is 11.3 Å². The quantitative estimate of drug-likeness (QED) is 0.803. The molecule has 0 radical (unpaired) electrons. The van der Waals surface area contributed by atoms with Gasteiger partial charge >= 0.3 is 0 Å². The Bertz CT molecular complexity index is 434. The molecule has 2 atom stereocenters. The van der Waals surface area contributed by atoms with E-state index in [0.717, 1.165) is 18.4 Å². The zero-order chi connectivity index (χ0) is 12.5. The van der Waals surface area contributed by atoms with Crippen molar-refractivity contribution in [1.82, 2.24) is 0 Å². The Morgan fingerprint density at radius 2 is 1.88 bits per heavy atom. The van der Waals surface area contributed by atoms with Crippen LogP contribution in [-0.2, 0) is 5.41 Å². The maximum Gasteiger partial charge on any atom is 0.106 e. The van der Waals surface area contributed by atoms with E-state index in [1.54, 1.807) is 12.1 Å². The molecule has 0 heterocycles. The molecule has 3 nitrogen and oxygen atoms in total. The number of benzene rings is 1. The number of nitriles is 1. The van der Waals surface area contributed by atoms with Gasteiger partial charge in [0.15, 0.2) is 0 Å². The third kappa shape index (κ3) is 2.30. The van der Waals surface area contributed by atoms with Crippen molar-refractivity contribution >= 4 is 11.6 Å². The lowest BCUT2D eigenvalue weighted by molar-refractivity contribution is 0.0327. The zero-order valence-electron chi connectivity index (χ0n) is 9.31. The summed E-state index contributed by atoms with van der Waals surface area (Å²) in [5, 5.41) is 28.2. The highest BCUT2D eigenvalue weighted by atomic mass is 35.5. The number of alkyl halides is 1. The Morgan fingerprint density at radius 1 is 1.29 bits per heavy atom. The van der Waals surface area contributed by atoms with E-state index >= 15 is 0 Å². The molecule has 0 aromatic heterocycles. The molecule has 4 heteroatoms. The van der Waals surface area contributed by atoms with E-state index in [0.29, 0.717) is 5.56 Å². The van der Waals surface area contributed by atoms with Gasteiger partial charge in [-0.1, -0.05) is 24.3 Å². The summed E-state index contributed by atoms with van der Waals surface area (Å²) in [5.41, 5.74) is 1.29. The van der Waals surface area contributed by atoms with Gasteiger partial charge in [-0.2, -0.15) is 5.26 Å². The van der Waals surface area contributed by atoms with Crippen LogP contribution >= 0.6 is 11.6 Å². The number of rotatable bonds is 4. The summed E-state index contributed by atoms with van der Waals surface area (Å²) in [5.74, 6) is -0.00888. The van der Waals surface area contributed by atoms with Gasteiger partial charge in [0.05, 0.1) is 23.5 Å². The van der Waals surface area contributed by atoms with Crippen LogP contribution in [0.3, 0.4) is 0 Å². The van der Waals surface area contributed by atoms with Crippen molar-refractivity contribution in [2.75, 3.05) is 5.88 Å². The summed E-state index contributed by atoms with van der Waals surface area (Å²) >= 11 is 5.48. The van der Waals surface area contributed by atoms with Crippen LogP contribution in [0.4, 0.5) is 0 Å². The van der Waals surface area contributed by atoms with Gasteiger partial charge in [-0.3, -0.25) is 0 Å². The van der Waals surface area contributed by atoms with Gasteiger partial charge in [-0.05, 0) is 24.0 Å². The molecule has 1 saturated carbocycles. The van der Waals surface area contributed by atoms with Crippen molar-refractivity contribution in [2.45, 2.75) is 30.5 Å². The topological polar surface area (TPSA) is 64.2 Å². The molecule has 1 aliphatic carbocycles. The van der Waals surface area contributed by atoms with Crippen molar-refractivity contribution in [3.05, 3.63) is 35.4 Å². The van der Waals surface area contributed by atoms with Gasteiger partial charge < -0.3 is 10.2 Å². The summed E-state index contributed by atoms with van der Waals surface area (Å²) in [7, 11) is 0. The van der Waals surface area contributed by atoms with E-state index in [1.807, 2.05) is 12.1 Å². The average molecular weight is 252 g/mol. The summed E-state index contributed by atoms with van der Waals surface area (Å²) < 4.78 is 0. The molecule has 1 aromatic carbocycles. The molecule has 0 saturated heterocycles. The van der Waals surface area contributed by atoms with Crippen LogP contribution in [0.2, 0.25) is 0 Å². The Labute approximate surface area is 105 Å². The van der Waals surface area contributed by atoms with Crippen molar-refractivity contribution in [2.24, 2.45) is 0 Å². The number of hydrogen-bond acceptors (Lipinski definition) is 3. The van der Waals surface area contributed by atoms with Gasteiger partial charge in [0.2, 0.25) is 0 Å². The monoisotopic (exact) mass is 251 g/mol. The van der Waals surface area contributed by atoms with Crippen LogP contribution in [0.15, 0.2) is 24.3 Å². The smallest absolute Gasteiger partial charge is 0.106 e. The van der Waals surface area contributed by atoms with Gasteiger partial charge in [0, 0.05) is 0 Å². The fraction of sp³-hybridized carbons (Fsp3) is 0.462. The summed E-state index contributed by atoms with van der Waals surface area (Å²) in [6, 6.07) is 9.49. The van der Waals surface area contributed by atoms with Crippen LogP contribution in [0.25, 0.3) is 0 Å². The molecule has 2 unspecified atom stereocenters. The molecule has 0 aliphatic heterocycles. The Hall–Kier alpha value is -1.08. The van der Waals surface area contributed by atoms with E-state index in [4.69, 9.17) is 16.9 Å². The molecule has 2 N–H and O–H groups in total. The Balaban J connectivity index is 2.17. The number of nitrogens with zero attached hydrogens (tertiary/aromatic N) is 1. The Kier molecular flexibility index (Phi) is 3.39. The second kappa shape index (κ2) is 4.66. The lowest BCUT2D eigenvalue weighted by Crippen LogP contribution is -2.19. The third-order valence-electron chi connectivity index (χ3n) is 3.29. The second-order valence-corrected chi connectivity index (χ2v) is 4.79. The minimum atomic E-state index is -0.973. The van der Waals surface area contributed by atoms with E-state index < -0.39 is 12.2 Å². The number of aliphatic hydroxyl groups is 2. The van der Waals surface area contributed by atoms with Crippen LogP contribution in [-0.4, -0.2) is 22.2 Å². The standard InChI is InChI=1S/C13H14ClNO2/c14-7-11(16)12(17)9-1-3-10(4-2-9)13(8-15)5-6-13/h1-4,11-12,16-17H,5-7H2. The third-order valence-corrected chi connectivity index (χ3v) is 3.61. The lowest BCUT2D eigenvalue weighted by atomic mass is 9.95. The lowest BCUT2D eigenvalue weighted by Gasteiger charge is -2.16. The highest BCUT2D eigenvalue weighted by Gasteiger charge is 2.44. The largest absolute Gasteiger partial charge is 0.389 e. The van der Waals surface area contributed by atoms with Crippen molar-refractivity contribution < 1.29 is 10.2 Å². The highest BCUT2D eigenvalue weighted by molar-refractivity contribution is 6.18. The first-order valence-electron chi connectivity index (χ1n) is 5.57.